The molecule has 0 bridgehead atoms. The van der Waals surface area contributed by atoms with E-state index in [9.17, 15) is 14.4 Å². The number of fused-ring (bicyclic) bond motifs is 1. The summed E-state index contributed by atoms with van der Waals surface area (Å²) in [6, 6.07) is 23.1. The van der Waals surface area contributed by atoms with Gasteiger partial charge in [-0.05, 0) is 42.0 Å². The highest BCUT2D eigenvalue weighted by atomic mass is 16.5. The zero-order chi connectivity index (χ0) is 21.6. The second-order valence-electron chi connectivity index (χ2n) is 7.09. The van der Waals surface area contributed by atoms with Crippen molar-refractivity contribution in [2.24, 2.45) is 0 Å². The number of nitrogens with one attached hydrogen (secondary N) is 3. The van der Waals surface area contributed by atoms with Crippen molar-refractivity contribution in [3.05, 3.63) is 90.0 Å². The van der Waals surface area contributed by atoms with E-state index in [0.717, 1.165) is 5.56 Å². The molecule has 7 heteroatoms. The summed E-state index contributed by atoms with van der Waals surface area (Å²) < 4.78 is 5.70. The zero-order valence-corrected chi connectivity index (χ0v) is 16.6. The van der Waals surface area contributed by atoms with Gasteiger partial charge in [0.2, 0.25) is 5.91 Å². The Morgan fingerprint density at radius 2 is 1.58 bits per heavy atom. The molecule has 3 N–H and O–H groups in total. The van der Waals surface area contributed by atoms with Crippen LogP contribution in [0.1, 0.15) is 15.9 Å². The maximum Gasteiger partial charge on any atom is 0.265 e. The van der Waals surface area contributed by atoms with Crippen molar-refractivity contribution >= 4 is 29.1 Å². The van der Waals surface area contributed by atoms with Crippen LogP contribution in [0.2, 0.25) is 0 Å². The Labute approximate surface area is 179 Å². The van der Waals surface area contributed by atoms with Crippen LogP contribution in [0.4, 0.5) is 11.4 Å². The van der Waals surface area contributed by atoms with Gasteiger partial charge in [0.05, 0.1) is 6.54 Å². The van der Waals surface area contributed by atoms with Gasteiger partial charge in [0.1, 0.15) is 5.75 Å². The average Bonchev–Trinajstić information content (AvgIpc) is 3.23. The summed E-state index contributed by atoms with van der Waals surface area (Å²) in [5.41, 5.74) is 2.46. The van der Waals surface area contributed by atoms with Crippen LogP contribution in [0.15, 0.2) is 78.9 Å². The molecule has 3 amide bonds. The van der Waals surface area contributed by atoms with Crippen LogP contribution in [-0.4, -0.2) is 30.4 Å². The van der Waals surface area contributed by atoms with Gasteiger partial charge < -0.3 is 20.7 Å². The SMILES string of the molecule is O=C(CNC(=O)c1cccc(NC(=O)C2Cc3ccccc3O2)c1)Nc1ccccc1. The number of carbonyl (C=O) groups excluding carboxylic acids is 3. The Kier molecular flexibility index (Phi) is 5.93. The number of carbonyl (C=O) groups is 3. The minimum atomic E-state index is -0.614. The van der Waals surface area contributed by atoms with Crippen LogP contribution in [0.3, 0.4) is 0 Å². The van der Waals surface area contributed by atoms with Crippen molar-refractivity contribution in [1.82, 2.24) is 5.32 Å². The molecule has 0 aromatic heterocycles. The summed E-state index contributed by atoms with van der Waals surface area (Å²) in [7, 11) is 0. The summed E-state index contributed by atoms with van der Waals surface area (Å²) >= 11 is 0. The third kappa shape index (κ3) is 5.08. The molecule has 3 aromatic carbocycles. The molecule has 0 saturated heterocycles. The fraction of sp³-hybridized carbons (Fsp3) is 0.125. The molecule has 0 radical (unpaired) electrons. The fourth-order valence-electron chi connectivity index (χ4n) is 3.28. The largest absolute Gasteiger partial charge is 0.480 e. The zero-order valence-electron chi connectivity index (χ0n) is 16.6. The van der Waals surface area contributed by atoms with Crippen molar-refractivity contribution in [3.8, 4) is 5.75 Å². The van der Waals surface area contributed by atoms with Gasteiger partial charge in [-0.3, -0.25) is 14.4 Å². The number of amides is 3. The van der Waals surface area contributed by atoms with E-state index in [-0.39, 0.29) is 18.4 Å². The van der Waals surface area contributed by atoms with Gasteiger partial charge in [-0.15, -0.1) is 0 Å². The van der Waals surface area contributed by atoms with Crippen LogP contribution in [0, 0.1) is 0 Å². The van der Waals surface area contributed by atoms with Crippen LogP contribution in [0.25, 0.3) is 0 Å². The lowest BCUT2D eigenvalue weighted by molar-refractivity contribution is -0.122. The molecular formula is C24H21N3O4. The molecule has 7 nitrogen and oxygen atoms in total. The maximum absolute atomic E-state index is 12.6. The monoisotopic (exact) mass is 415 g/mol. The molecule has 1 aliphatic rings. The molecule has 1 atom stereocenters. The molecular weight excluding hydrogens is 394 g/mol. The van der Waals surface area contributed by atoms with Crippen molar-refractivity contribution in [3.63, 3.8) is 0 Å². The number of rotatable bonds is 6. The van der Waals surface area contributed by atoms with E-state index in [1.165, 1.54) is 0 Å². The number of hydrogen-bond acceptors (Lipinski definition) is 4. The Balaban J connectivity index is 1.31. The van der Waals surface area contributed by atoms with E-state index in [2.05, 4.69) is 16.0 Å². The van der Waals surface area contributed by atoms with Gasteiger partial charge in [0.15, 0.2) is 6.10 Å². The molecule has 0 aliphatic carbocycles. The molecule has 31 heavy (non-hydrogen) atoms. The molecule has 1 heterocycles. The Bertz CT molecular complexity index is 1090. The molecule has 1 unspecified atom stereocenters. The first-order valence-electron chi connectivity index (χ1n) is 9.87. The van der Waals surface area contributed by atoms with Crippen LogP contribution < -0.4 is 20.7 Å². The van der Waals surface area contributed by atoms with E-state index in [0.29, 0.717) is 29.1 Å². The second kappa shape index (κ2) is 9.13. The quantitative estimate of drug-likeness (QED) is 0.577. The highest BCUT2D eigenvalue weighted by Crippen LogP contribution is 2.28. The maximum atomic E-state index is 12.6. The first-order chi connectivity index (χ1) is 15.1. The van der Waals surface area contributed by atoms with E-state index in [1.54, 1.807) is 36.4 Å². The number of ether oxygens (including phenoxy) is 1. The third-order valence-corrected chi connectivity index (χ3v) is 4.80. The molecule has 4 rings (SSSR count). The minimum Gasteiger partial charge on any atom is -0.480 e. The Morgan fingerprint density at radius 3 is 2.39 bits per heavy atom. The topological polar surface area (TPSA) is 96.5 Å². The highest BCUT2D eigenvalue weighted by molar-refractivity contribution is 6.01. The lowest BCUT2D eigenvalue weighted by Crippen LogP contribution is -2.33. The van der Waals surface area contributed by atoms with Crippen molar-refractivity contribution in [2.45, 2.75) is 12.5 Å². The van der Waals surface area contributed by atoms with E-state index < -0.39 is 12.0 Å². The number of anilines is 2. The lowest BCUT2D eigenvalue weighted by Gasteiger charge is -2.12. The van der Waals surface area contributed by atoms with Crippen molar-refractivity contribution in [2.75, 3.05) is 17.2 Å². The minimum absolute atomic E-state index is 0.168. The number of hydrogen-bond donors (Lipinski definition) is 3. The Hall–Kier alpha value is -4.13. The van der Waals surface area contributed by atoms with Gasteiger partial charge in [0.25, 0.3) is 11.8 Å². The second-order valence-corrected chi connectivity index (χ2v) is 7.09. The normalized spacial score (nSPS) is 14.1. The Morgan fingerprint density at radius 1 is 0.839 bits per heavy atom. The van der Waals surface area contributed by atoms with E-state index >= 15 is 0 Å². The smallest absolute Gasteiger partial charge is 0.265 e. The summed E-state index contributed by atoms with van der Waals surface area (Å²) in [4.78, 5) is 37.0. The summed E-state index contributed by atoms with van der Waals surface area (Å²) in [5, 5.41) is 8.07. The van der Waals surface area contributed by atoms with Crippen molar-refractivity contribution in [1.29, 1.82) is 0 Å². The van der Waals surface area contributed by atoms with Gasteiger partial charge in [-0.1, -0.05) is 42.5 Å². The van der Waals surface area contributed by atoms with Gasteiger partial charge in [-0.2, -0.15) is 0 Å². The van der Waals surface area contributed by atoms with Crippen LogP contribution in [-0.2, 0) is 16.0 Å². The average molecular weight is 415 g/mol. The van der Waals surface area contributed by atoms with E-state index in [4.69, 9.17) is 4.74 Å². The highest BCUT2D eigenvalue weighted by Gasteiger charge is 2.28. The molecule has 3 aromatic rings. The number of para-hydroxylation sites is 2. The van der Waals surface area contributed by atoms with Crippen molar-refractivity contribution < 1.29 is 19.1 Å². The third-order valence-electron chi connectivity index (χ3n) is 4.80. The summed E-state index contributed by atoms with van der Waals surface area (Å²) in [6.07, 6.45) is -0.116. The van der Waals surface area contributed by atoms with Crippen LogP contribution in [0.5, 0.6) is 5.75 Å². The lowest BCUT2D eigenvalue weighted by atomic mass is 10.1. The molecule has 1 aliphatic heterocycles. The predicted octanol–water partition coefficient (Wildman–Crippen LogP) is 3.00. The molecule has 0 spiro atoms. The molecule has 156 valence electrons. The van der Waals surface area contributed by atoms with Gasteiger partial charge in [-0.25, -0.2) is 0 Å². The summed E-state index contributed by atoms with van der Waals surface area (Å²) in [5.74, 6) is -0.314. The standard InChI is InChI=1S/C24H21N3O4/c28-22(26-18-9-2-1-3-10-18)15-25-23(29)17-8-6-11-19(13-17)27-24(30)21-14-16-7-4-5-12-20(16)31-21/h1-13,21H,14-15H2,(H,25,29)(H,26,28)(H,27,30). The summed E-state index contributed by atoms with van der Waals surface area (Å²) in [6.45, 7) is -0.168. The fourth-order valence-corrected chi connectivity index (χ4v) is 3.28. The van der Waals surface area contributed by atoms with E-state index in [1.807, 2.05) is 42.5 Å². The van der Waals surface area contributed by atoms with Gasteiger partial charge >= 0.3 is 0 Å². The molecule has 0 fully saturated rings. The first-order valence-corrected chi connectivity index (χ1v) is 9.87. The van der Waals surface area contributed by atoms with Crippen LogP contribution >= 0.6 is 0 Å². The molecule has 0 saturated carbocycles. The number of benzene rings is 3. The first kappa shape index (κ1) is 20.2. The predicted molar refractivity (Wildman–Crippen MR) is 117 cm³/mol. The van der Waals surface area contributed by atoms with Gasteiger partial charge in [0, 0.05) is 23.4 Å².